The van der Waals surface area contributed by atoms with Crippen molar-refractivity contribution in [2.75, 3.05) is 14.2 Å². The van der Waals surface area contributed by atoms with E-state index in [-0.39, 0.29) is 11.9 Å². The molecule has 4 N–H and O–H groups in total. The molecule has 0 aliphatic heterocycles. The third-order valence-corrected chi connectivity index (χ3v) is 3.09. The summed E-state index contributed by atoms with van der Waals surface area (Å²) in [6, 6.07) is 5.41. The molecule has 2 aromatic rings. The summed E-state index contributed by atoms with van der Waals surface area (Å²) in [5.74, 6) is 0.435. The number of benzene rings is 1. The predicted molar refractivity (Wildman–Crippen MR) is 70.6 cm³/mol. The topological polar surface area (TPSA) is 80.1 Å². The van der Waals surface area contributed by atoms with Crippen molar-refractivity contribution in [3.05, 3.63) is 30.0 Å². The van der Waals surface area contributed by atoms with Crippen molar-refractivity contribution in [3.8, 4) is 5.75 Å². The van der Waals surface area contributed by atoms with Crippen molar-refractivity contribution >= 4 is 16.8 Å². The smallest absolute Gasteiger partial charge is 0.234 e. The van der Waals surface area contributed by atoms with Gasteiger partial charge in [-0.2, -0.15) is 0 Å². The van der Waals surface area contributed by atoms with Gasteiger partial charge in [-0.15, -0.1) is 0 Å². The van der Waals surface area contributed by atoms with Crippen LogP contribution >= 0.6 is 0 Å². The lowest BCUT2D eigenvalue weighted by atomic mass is 10.0. The van der Waals surface area contributed by atoms with Crippen molar-refractivity contribution in [2.24, 2.45) is 5.73 Å². The van der Waals surface area contributed by atoms with E-state index in [1.807, 2.05) is 24.4 Å². The summed E-state index contributed by atoms with van der Waals surface area (Å²) >= 11 is 0. The average molecular weight is 247 g/mol. The van der Waals surface area contributed by atoms with E-state index in [0.717, 1.165) is 22.2 Å². The molecule has 0 aliphatic rings. The Kier molecular flexibility index (Phi) is 3.53. The Bertz CT molecular complexity index is 562. The molecule has 0 bridgehead atoms. The number of primary amides is 1. The number of aromatic nitrogens is 1. The van der Waals surface area contributed by atoms with Gasteiger partial charge < -0.3 is 20.8 Å². The van der Waals surface area contributed by atoms with Gasteiger partial charge in [-0.1, -0.05) is 6.07 Å². The van der Waals surface area contributed by atoms with Crippen LogP contribution in [0.1, 0.15) is 5.56 Å². The Morgan fingerprint density at radius 3 is 2.94 bits per heavy atom. The van der Waals surface area contributed by atoms with Crippen LogP contribution in [0.4, 0.5) is 0 Å². The quantitative estimate of drug-likeness (QED) is 0.731. The molecule has 5 heteroatoms. The van der Waals surface area contributed by atoms with Crippen molar-refractivity contribution in [2.45, 2.75) is 12.5 Å². The Balaban J connectivity index is 2.42. The number of likely N-dealkylation sites (N-methyl/N-ethyl adjacent to an activating group) is 1. The molecular weight excluding hydrogens is 230 g/mol. The SMILES string of the molecule is CN[C@@H](Cc1c[nH]c2cccc(OC)c12)C(N)=O. The normalized spacial score (nSPS) is 12.6. The summed E-state index contributed by atoms with van der Waals surface area (Å²) in [4.78, 5) is 14.4. The Hall–Kier alpha value is -2.01. The third-order valence-electron chi connectivity index (χ3n) is 3.09. The highest BCUT2D eigenvalue weighted by atomic mass is 16.5. The zero-order valence-corrected chi connectivity index (χ0v) is 10.5. The van der Waals surface area contributed by atoms with E-state index < -0.39 is 0 Å². The van der Waals surface area contributed by atoms with Gasteiger partial charge in [0, 0.05) is 17.1 Å². The maximum absolute atomic E-state index is 11.3. The van der Waals surface area contributed by atoms with Crippen LogP contribution in [0.25, 0.3) is 10.9 Å². The van der Waals surface area contributed by atoms with Crippen LogP contribution in [0.3, 0.4) is 0 Å². The van der Waals surface area contributed by atoms with E-state index >= 15 is 0 Å². The number of H-pyrrole nitrogens is 1. The minimum atomic E-state index is -0.381. The summed E-state index contributed by atoms with van der Waals surface area (Å²) in [6.45, 7) is 0. The second kappa shape index (κ2) is 5.10. The molecule has 0 spiro atoms. The van der Waals surface area contributed by atoms with Gasteiger partial charge in [-0.3, -0.25) is 4.79 Å². The van der Waals surface area contributed by atoms with Crippen molar-refractivity contribution in [3.63, 3.8) is 0 Å². The highest BCUT2D eigenvalue weighted by Gasteiger charge is 2.17. The Morgan fingerprint density at radius 2 is 2.33 bits per heavy atom. The van der Waals surface area contributed by atoms with Crippen molar-refractivity contribution in [1.29, 1.82) is 0 Å². The monoisotopic (exact) mass is 247 g/mol. The van der Waals surface area contributed by atoms with Crippen LogP contribution in [-0.2, 0) is 11.2 Å². The van der Waals surface area contributed by atoms with E-state index in [4.69, 9.17) is 10.5 Å². The summed E-state index contributed by atoms with van der Waals surface area (Å²) in [5.41, 5.74) is 7.34. The van der Waals surface area contributed by atoms with E-state index in [9.17, 15) is 4.79 Å². The van der Waals surface area contributed by atoms with Gasteiger partial charge in [0.05, 0.1) is 13.2 Å². The number of carbonyl (C=O) groups is 1. The van der Waals surface area contributed by atoms with Gasteiger partial charge in [0.2, 0.25) is 5.91 Å². The van der Waals surface area contributed by atoms with E-state index in [1.165, 1.54) is 0 Å². The molecule has 0 radical (unpaired) electrons. The molecule has 5 nitrogen and oxygen atoms in total. The molecule has 0 unspecified atom stereocenters. The van der Waals surface area contributed by atoms with Crippen LogP contribution in [0.15, 0.2) is 24.4 Å². The number of ether oxygens (including phenoxy) is 1. The van der Waals surface area contributed by atoms with Gasteiger partial charge >= 0.3 is 0 Å². The number of nitrogens with one attached hydrogen (secondary N) is 2. The molecule has 1 heterocycles. The molecule has 2 rings (SSSR count). The second-order valence-corrected chi connectivity index (χ2v) is 4.14. The fourth-order valence-corrected chi connectivity index (χ4v) is 2.12. The summed E-state index contributed by atoms with van der Waals surface area (Å²) in [5, 5.41) is 3.91. The number of amides is 1. The molecule has 0 fully saturated rings. The van der Waals surface area contributed by atoms with E-state index in [1.54, 1.807) is 14.2 Å². The fraction of sp³-hybridized carbons (Fsp3) is 0.308. The fourth-order valence-electron chi connectivity index (χ4n) is 2.12. The molecule has 0 saturated heterocycles. The van der Waals surface area contributed by atoms with Crippen LogP contribution in [0.2, 0.25) is 0 Å². The zero-order chi connectivity index (χ0) is 13.1. The number of methoxy groups -OCH3 is 1. The van der Waals surface area contributed by atoms with Crippen molar-refractivity contribution < 1.29 is 9.53 Å². The maximum Gasteiger partial charge on any atom is 0.234 e. The van der Waals surface area contributed by atoms with Crippen LogP contribution in [0.5, 0.6) is 5.75 Å². The highest BCUT2D eigenvalue weighted by molar-refractivity contribution is 5.90. The number of aromatic amines is 1. The standard InChI is InChI=1S/C13H17N3O2/c1-15-10(13(14)17)6-8-7-16-9-4-3-5-11(18-2)12(8)9/h3-5,7,10,15-16H,6H2,1-2H3,(H2,14,17)/t10-/m0/s1. The molecule has 1 atom stereocenters. The lowest BCUT2D eigenvalue weighted by molar-refractivity contribution is -0.119. The highest BCUT2D eigenvalue weighted by Crippen LogP contribution is 2.29. The maximum atomic E-state index is 11.3. The number of hydrogen-bond acceptors (Lipinski definition) is 3. The Labute approximate surface area is 105 Å². The third kappa shape index (κ3) is 2.17. The molecule has 0 aliphatic carbocycles. The van der Waals surface area contributed by atoms with Gasteiger partial charge in [-0.25, -0.2) is 0 Å². The lowest BCUT2D eigenvalue weighted by Crippen LogP contribution is -2.40. The molecule has 0 saturated carbocycles. The zero-order valence-electron chi connectivity index (χ0n) is 10.5. The summed E-state index contributed by atoms with van der Waals surface area (Å²) in [7, 11) is 3.36. The number of carbonyl (C=O) groups excluding carboxylic acids is 1. The first kappa shape index (κ1) is 12.4. The first-order valence-corrected chi connectivity index (χ1v) is 5.77. The van der Waals surface area contributed by atoms with Gasteiger partial charge in [-0.05, 0) is 31.2 Å². The van der Waals surface area contributed by atoms with Crippen LogP contribution in [0, 0.1) is 0 Å². The van der Waals surface area contributed by atoms with E-state index in [0.29, 0.717) is 6.42 Å². The molecule has 1 amide bonds. The van der Waals surface area contributed by atoms with Gasteiger partial charge in [0.1, 0.15) is 5.75 Å². The van der Waals surface area contributed by atoms with Gasteiger partial charge in [0.15, 0.2) is 0 Å². The second-order valence-electron chi connectivity index (χ2n) is 4.14. The van der Waals surface area contributed by atoms with E-state index in [2.05, 4.69) is 10.3 Å². The minimum Gasteiger partial charge on any atom is -0.496 e. The first-order valence-electron chi connectivity index (χ1n) is 5.77. The molecule has 1 aromatic carbocycles. The van der Waals surface area contributed by atoms with Gasteiger partial charge in [0.25, 0.3) is 0 Å². The molecule has 96 valence electrons. The number of fused-ring (bicyclic) bond motifs is 1. The first-order chi connectivity index (χ1) is 8.67. The average Bonchev–Trinajstić information content (AvgIpc) is 2.78. The van der Waals surface area contributed by atoms with Crippen molar-refractivity contribution in [1.82, 2.24) is 10.3 Å². The number of hydrogen-bond donors (Lipinski definition) is 3. The molecular formula is C13H17N3O2. The summed E-state index contributed by atoms with van der Waals surface area (Å²) < 4.78 is 5.35. The summed E-state index contributed by atoms with van der Waals surface area (Å²) in [6.07, 6.45) is 2.42. The number of rotatable bonds is 5. The minimum absolute atomic E-state index is 0.359. The molecule has 18 heavy (non-hydrogen) atoms. The largest absolute Gasteiger partial charge is 0.496 e. The molecule has 1 aromatic heterocycles. The number of nitrogens with two attached hydrogens (primary N) is 1. The van der Waals surface area contributed by atoms with Crippen LogP contribution < -0.4 is 15.8 Å². The van der Waals surface area contributed by atoms with Crippen LogP contribution in [-0.4, -0.2) is 31.1 Å². The predicted octanol–water partition coefficient (Wildman–Crippen LogP) is 0.792. The Morgan fingerprint density at radius 1 is 1.56 bits per heavy atom. The lowest BCUT2D eigenvalue weighted by Gasteiger charge is -2.12.